The van der Waals surface area contributed by atoms with Gasteiger partial charge in [0.15, 0.2) is 0 Å². The van der Waals surface area contributed by atoms with E-state index in [0.717, 1.165) is 5.13 Å². The molecule has 16 heavy (non-hydrogen) atoms. The second kappa shape index (κ2) is 4.20. The largest absolute Gasteiger partial charge is 0.391 e. The molecule has 2 heterocycles. The third-order valence-electron chi connectivity index (χ3n) is 2.75. The molecule has 1 aromatic rings. The van der Waals surface area contributed by atoms with E-state index in [1.807, 2.05) is 4.90 Å². The molecule has 2 rings (SSSR count). The lowest BCUT2D eigenvalue weighted by atomic mass is 9.97. The first-order chi connectivity index (χ1) is 7.47. The fraction of sp³-hybridized carbons (Fsp3) is 0.778. The van der Waals surface area contributed by atoms with Crippen LogP contribution in [-0.2, 0) is 0 Å². The summed E-state index contributed by atoms with van der Waals surface area (Å²) in [6, 6.07) is 0. The van der Waals surface area contributed by atoms with Crippen LogP contribution in [0.1, 0.15) is 18.7 Å². The maximum absolute atomic E-state index is 12.4. The molecule has 0 spiro atoms. The number of hydrogen-bond donors (Lipinski definition) is 0. The third-order valence-corrected chi connectivity index (χ3v) is 3.61. The van der Waals surface area contributed by atoms with Gasteiger partial charge in [0.05, 0.1) is 5.92 Å². The molecule has 1 fully saturated rings. The molecule has 0 radical (unpaired) electrons. The third kappa shape index (κ3) is 2.45. The first kappa shape index (κ1) is 11.6. The Morgan fingerprint density at radius 1 is 1.31 bits per heavy atom. The minimum Gasteiger partial charge on any atom is -0.347 e. The lowest BCUT2D eigenvalue weighted by Crippen LogP contribution is -2.38. The number of halogens is 3. The van der Waals surface area contributed by atoms with Gasteiger partial charge in [-0.1, -0.05) is 0 Å². The van der Waals surface area contributed by atoms with E-state index < -0.39 is 12.1 Å². The van der Waals surface area contributed by atoms with Crippen LogP contribution in [0.2, 0.25) is 0 Å². The molecular weight excluding hydrogens is 239 g/mol. The number of anilines is 1. The monoisotopic (exact) mass is 251 g/mol. The molecule has 0 N–H and O–H groups in total. The molecule has 1 saturated heterocycles. The standard InChI is InChI=1S/C9H12F3N3S/c1-6-13-8(16-14-6)15-4-2-7(3-5-15)9(10,11)12/h7H,2-5H2,1H3. The average Bonchev–Trinajstić information content (AvgIpc) is 2.64. The van der Waals surface area contributed by atoms with Gasteiger partial charge in [-0.3, -0.25) is 0 Å². The van der Waals surface area contributed by atoms with E-state index >= 15 is 0 Å². The zero-order valence-electron chi connectivity index (χ0n) is 8.79. The van der Waals surface area contributed by atoms with E-state index in [-0.39, 0.29) is 12.8 Å². The van der Waals surface area contributed by atoms with Crippen molar-refractivity contribution in [2.75, 3.05) is 18.0 Å². The molecule has 0 bridgehead atoms. The van der Waals surface area contributed by atoms with Gasteiger partial charge in [0.2, 0.25) is 5.13 Å². The number of hydrogen-bond acceptors (Lipinski definition) is 4. The highest BCUT2D eigenvalue weighted by Crippen LogP contribution is 2.35. The number of piperidine rings is 1. The van der Waals surface area contributed by atoms with Crippen molar-refractivity contribution in [1.29, 1.82) is 0 Å². The van der Waals surface area contributed by atoms with Gasteiger partial charge in [-0.25, -0.2) is 4.98 Å². The molecule has 7 heteroatoms. The molecule has 0 amide bonds. The highest BCUT2D eigenvalue weighted by atomic mass is 32.1. The topological polar surface area (TPSA) is 29.0 Å². The van der Waals surface area contributed by atoms with Crippen molar-refractivity contribution < 1.29 is 13.2 Å². The van der Waals surface area contributed by atoms with Gasteiger partial charge < -0.3 is 4.90 Å². The van der Waals surface area contributed by atoms with Crippen LogP contribution in [0.4, 0.5) is 18.3 Å². The van der Waals surface area contributed by atoms with Gasteiger partial charge >= 0.3 is 6.18 Å². The summed E-state index contributed by atoms with van der Waals surface area (Å²) in [7, 11) is 0. The quantitative estimate of drug-likeness (QED) is 0.768. The minimum absolute atomic E-state index is 0.155. The van der Waals surface area contributed by atoms with E-state index in [1.165, 1.54) is 11.5 Å². The van der Waals surface area contributed by atoms with Crippen LogP contribution >= 0.6 is 11.5 Å². The molecule has 0 atom stereocenters. The highest BCUT2D eigenvalue weighted by Gasteiger charge is 2.41. The highest BCUT2D eigenvalue weighted by molar-refractivity contribution is 7.09. The Morgan fingerprint density at radius 3 is 2.38 bits per heavy atom. The predicted octanol–water partition coefficient (Wildman–Crippen LogP) is 2.63. The van der Waals surface area contributed by atoms with Crippen LogP contribution in [0.5, 0.6) is 0 Å². The van der Waals surface area contributed by atoms with Crippen molar-refractivity contribution in [2.45, 2.75) is 25.9 Å². The van der Waals surface area contributed by atoms with Crippen LogP contribution in [0.3, 0.4) is 0 Å². The fourth-order valence-corrected chi connectivity index (χ4v) is 2.54. The van der Waals surface area contributed by atoms with Crippen molar-refractivity contribution in [3.63, 3.8) is 0 Å². The molecule has 1 aliphatic rings. The van der Waals surface area contributed by atoms with Crippen molar-refractivity contribution in [3.05, 3.63) is 5.82 Å². The minimum atomic E-state index is -4.05. The number of aryl methyl sites for hydroxylation is 1. The van der Waals surface area contributed by atoms with Crippen molar-refractivity contribution >= 4 is 16.7 Å². The number of aromatic nitrogens is 2. The summed E-state index contributed by atoms with van der Waals surface area (Å²) in [5, 5.41) is 0.734. The lowest BCUT2D eigenvalue weighted by molar-refractivity contribution is -0.179. The summed E-state index contributed by atoms with van der Waals surface area (Å²) in [5.74, 6) is -0.476. The van der Waals surface area contributed by atoms with Crippen molar-refractivity contribution in [2.24, 2.45) is 5.92 Å². The molecular formula is C9H12F3N3S. The zero-order chi connectivity index (χ0) is 11.8. The summed E-state index contributed by atoms with van der Waals surface area (Å²) in [4.78, 5) is 6.06. The molecule has 0 aliphatic carbocycles. The Labute approximate surface area is 95.5 Å². The van der Waals surface area contributed by atoms with Gasteiger partial charge in [-0.2, -0.15) is 17.5 Å². The molecule has 1 aromatic heterocycles. The normalized spacial score (nSPS) is 19.1. The Kier molecular flexibility index (Phi) is 3.05. The van der Waals surface area contributed by atoms with Crippen molar-refractivity contribution in [1.82, 2.24) is 9.36 Å². The summed E-state index contributed by atoms with van der Waals surface area (Å²) in [6.45, 7) is 2.61. The van der Waals surface area contributed by atoms with Gasteiger partial charge in [0.1, 0.15) is 5.82 Å². The van der Waals surface area contributed by atoms with E-state index in [0.29, 0.717) is 18.9 Å². The second-order valence-electron chi connectivity index (χ2n) is 3.93. The van der Waals surface area contributed by atoms with Gasteiger partial charge in [-0.05, 0) is 19.8 Å². The van der Waals surface area contributed by atoms with Crippen LogP contribution in [0.25, 0.3) is 0 Å². The zero-order valence-corrected chi connectivity index (χ0v) is 9.61. The predicted molar refractivity (Wildman–Crippen MR) is 55.6 cm³/mol. The smallest absolute Gasteiger partial charge is 0.347 e. The van der Waals surface area contributed by atoms with Crippen LogP contribution in [0, 0.1) is 12.8 Å². The maximum atomic E-state index is 12.4. The second-order valence-corrected chi connectivity index (χ2v) is 4.66. The summed E-state index contributed by atoms with van der Waals surface area (Å²) < 4.78 is 41.3. The molecule has 90 valence electrons. The van der Waals surface area contributed by atoms with Gasteiger partial charge in [-0.15, -0.1) is 0 Å². The summed E-state index contributed by atoms with van der Waals surface area (Å²) >= 11 is 1.25. The first-order valence-corrected chi connectivity index (χ1v) is 5.86. The molecule has 0 aromatic carbocycles. The molecule has 3 nitrogen and oxygen atoms in total. The Bertz CT molecular complexity index is 355. The Morgan fingerprint density at radius 2 is 1.94 bits per heavy atom. The molecule has 1 aliphatic heterocycles. The Hall–Kier alpha value is -0.850. The van der Waals surface area contributed by atoms with E-state index in [2.05, 4.69) is 9.36 Å². The van der Waals surface area contributed by atoms with Crippen molar-refractivity contribution in [3.8, 4) is 0 Å². The van der Waals surface area contributed by atoms with Gasteiger partial charge in [0, 0.05) is 24.6 Å². The van der Waals surface area contributed by atoms with E-state index in [1.54, 1.807) is 6.92 Å². The summed E-state index contributed by atoms with van der Waals surface area (Å²) in [6.07, 6.45) is -3.74. The van der Waals surface area contributed by atoms with Crippen LogP contribution < -0.4 is 4.90 Å². The Balaban J connectivity index is 1.95. The number of rotatable bonds is 1. The SMILES string of the molecule is Cc1nsc(N2CCC(C(F)(F)F)CC2)n1. The van der Waals surface area contributed by atoms with Crippen LogP contribution in [0.15, 0.2) is 0 Å². The summed E-state index contributed by atoms with van der Waals surface area (Å²) in [5.41, 5.74) is 0. The number of alkyl halides is 3. The lowest BCUT2D eigenvalue weighted by Gasteiger charge is -2.32. The molecule has 0 unspecified atom stereocenters. The average molecular weight is 251 g/mol. The van der Waals surface area contributed by atoms with E-state index in [4.69, 9.17) is 0 Å². The van der Waals surface area contributed by atoms with E-state index in [9.17, 15) is 13.2 Å². The van der Waals surface area contributed by atoms with Gasteiger partial charge in [0.25, 0.3) is 0 Å². The maximum Gasteiger partial charge on any atom is 0.391 e. The van der Waals surface area contributed by atoms with Crippen LogP contribution in [-0.4, -0.2) is 28.6 Å². The molecule has 0 saturated carbocycles. The first-order valence-electron chi connectivity index (χ1n) is 5.09. The fourth-order valence-electron chi connectivity index (χ4n) is 1.81. The number of nitrogens with zero attached hydrogens (tertiary/aromatic N) is 3.